The highest BCUT2D eigenvalue weighted by Gasteiger charge is 2.20. The van der Waals surface area contributed by atoms with E-state index in [1.54, 1.807) is 0 Å². The minimum absolute atomic E-state index is 0.528. The number of rotatable bonds is 4. The molecule has 0 aromatic rings. The van der Waals surface area contributed by atoms with Crippen LogP contribution in [-0.2, 0) is 14.4 Å². The Kier molecular flexibility index (Phi) is 3.99. The highest BCUT2D eigenvalue weighted by Crippen LogP contribution is 1.98. The van der Waals surface area contributed by atoms with Crippen molar-refractivity contribution in [3.05, 3.63) is 12.2 Å². The van der Waals surface area contributed by atoms with Crippen LogP contribution >= 0.6 is 11.6 Å². The molecular weight excluding hydrogens is 188 g/mol. The number of hydrogen-bond donors (Lipinski definition) is 2. The molecule has 0 heterocycles. The van der Waals surface area contributed by atoms with Gasteiger partial charge in [-0.3, -0.25) is 9.59 Å². The largest absolute Gasteiger partial charge is 0.480 e. The number of ketones is 1. The number of halogens is 1. The molecule has 2 N–H and O–H groups in total. The van der Waals surface area contributed by atoms with Gasteiger partial charge in [0.25, 0.3) is 0 Å². The van der Waals surface area contributed by atoms with Crippen LogP contribution in [0.4, 0.5) is 0 Å². The summed E-state index contributed by atoms with van der Waals surface area (Å²) in [5.41, 5.74) is 0. The van der Waals surface area contributed by atoms with Gasteiger partial charge in [0.05, 0.1) is 0 Å². The van der Waals surface area contributed by atoms with Crippen molar-refractivity contribution < 1.29 is 24.6 Å². The summed E-state index contributed by atoms with van der Waals surface area (Å²) in [7, 11) is 0. The molecule has 12 heavy (non-hydrogen) atoms. The Morgan fingerprint density at radius 3 is 2.00 bits per heavy atom. The monoisotopic (exact) mass is 192 g/mol. The SMILES string of the molecule is O=C(O)C=CC(=O)C(Cl)C(=O)O. The molecule has 1 unspecified atom stereocenters. The lowest BCUT2D eigenvalue weighted by Crippen LogP contribution is -2.22. The minimum atomic E-state index is -1.72. The van der Waals surface area contributed by atoms with E-state index in [1.165, 1.54) is 0 Å². The number of carboxylic acid groups (broad SMARTS) is 2. The highest BCUT2D eigenvalue weighted by molar-refractivity contribution is 6.42. The molecule has 0 radical (unpaired) electrons. The van der Waals surface area contributed by atoms with Crippen LogP contribution in [0.1, 0.15) is 0 Å². The number of carbonyl (C=O) groups is 3. The zero-order valence-electron chi connectivity index (χ0n) is 5.73. The second-order valence-electron chi connectivity index (χ2n) is 1.77. The molecule has 0 amide bonds. The van der Waals surface area contributed by atoms with Crippen molar-refractivity contribution in [2.24, 2.45) is 0 Å². The molecule has 0 bridgehead atoms. The van der Waals surface area contributed by atoms with Crippen LogP contribution < -0.4 is 0 Å². The molecule has 0 rings (SSSR count). The molecule has 6 heteroatoms. The second-order valence-corrected chi connectivity index (χ2v) is 2.21. The Morgan fingerprint density at radius 2 is 1.67 bits per heavy atom. The normalized spacial score (nSPS) is 12.8. The number of aliphatic carboxylic acids is 2. The molecule has 0 aliphatic heterocycles. The Labute approximate surface area is 72.3 Å². The van der Waals surface area contributed by atoms with Crippen molar-refractivity contribution in [1.29, 1.82) is 0 Å². The molecule has 5 nitrogen and oxygen atoms in total. The van der Waals surface area contributed by atoms with Gasteiger partial charge in [-0.2, -0.15) is 0 Å². The van der Waals surface area contributed by atoms with Crippen LogP contribution in [0.3, 0.4) is 0 Å². The number of alkyl halides is 1. The van der Waals surface area contributed by atoms with Gasteiger partial charge in [0.1, 0.15) is 0 Å². The van der Waals surface area contributed by atoms with Gasteiger partial charge in [0.15, 0.2) is 11.2 Å². The number of carboxylic acids is 2. The van der Waals surface area contributed by atoms with Crippen LogP contribution in [0.5, 0.6) is 0 Å². The van der Waals surface area contributed by atoms with Crippen molar-refractivity contribution in [1.82, 2.24) is 0 Å². The zero-order valence-corrected chi connectivity index (χ0v) is 6.49. The van der Waals surface area contributed by atoms with E-state index >= 15 is 0 Å². The molecular formula is C6H5ClO5. The summed E-state index contributed by atoms with van der Waals surface area (Å²) in [5, 5.41) is 14.5. The molecule has 0 fully saturated rings. The van der Waals surface area contributed by atoms with Crippen LogP contribution in [0.2, 0.25) is 0 Å². The van der Waals surface area contributed by atoms with E-state index in [9.17, 15) is 14.4 Å². The topological polar surface area (TPSA) is 91.7 Å². The van der Waals surface area contributed by atoms with Gasteiger partial charge < -0.3 is 10.2 Å². The Bertz CT molecular complexity index is 244. The van der Waals surface area contributed by atoms with Crippen molar-refractivity contribution in [3.8, 4) is 0 Å². The summed E-state index contributed by atoms with van der Waals surface area (Å²) in [4.78, 5) is 30.5. The van der Waals surface area contributed by atoms with Crippen molar-refractivity contribution in [2.75, 3.05) is 0 Å². The third-order valence-corrected chi connectivity index (χ3v) is 1.26. The van der Waals surface area contributed by atoms with Crippen molar-refractivity contribution in [3.63, 3.8) is 0 Å². The van der Waals surface area contributed by atoms with E-state index in [2.05, 4.69) is 0 Å². The first-order valence-electron chi connectivity index (χ1n) is 2.77. The van der Waals surface area contributed by atoms with E-state index in [1.807, 2.05) is 0 Å². The van der Waals surface area contributed by atoms with Crippen molar-refractivity contribution >= 4 is 29.3 Å². The molecule has 66 valence electrons. The summed E-state index contributed by atoms with van der Waals surface area (Å²) in [6.07, 6.45) is 1.13. The fourth-order valence-corrected chi connectivity index (χ4v) is 0.432. The molecule has 0 saturated heterocycles. The van der Waals surface area contributed by atoms with Gasteiger partial charge >= 0.3 is 11.9 Å². The standard InChI is InChI=1S/C6H5ClO5/c7-5(6(11)12)3(8)1-2-4(9)10/h1-2,5H,(H,9,10)(H,11,12). The number of hydrogen-bond acceptors (Lipinski definition) is 3. The predicted octanol–water partition coefficient (Wildman–Crippen LogP) is -0.112. The van der Waals surface area contributed by atoms with E-state index in [-0.39, 0.29) is 0 Å². The Hall–Kier alpha value is -1.36. The van der Waals surface area contributed by atoms with Gasteiger partial charge in [-0.1, -0.05) is 0 Å². The van der Waals surface area contributed by atoms with Gasteiger partial charge in [-0.15, -0.1) is 11.6 Å². The quantitative estimate of drug-likeness (QED) is 0.368. The molecule has 0 aromatic carbocycles. The summed E-state index contributed by atoms with van der Waals surface area (Å²) in [6, 6.07) is 0. The lowest BCUT2D eigenvalue weighted by atomic mass is 10.2. The maximum Gasteiger partial charge on any atom is 0.329 e. The first kappa shape index (κ1) is 10.6. The van der Waals surface area contributed by atoms with E-state index < -0.39 is 23.1 Å². The van der Waals surface area contributed by atoms with Crippen LogP contribution in [0, 0.1) is 0 Å². The highest BCUT2D eigenvalue weighted by atomic mass is 35.5. The van der Waals surface area contributed by atoms with Gasteiger partial charge in [-0.05, 0) is 6.08 Å². The first-order valence-corrected chi connectivity index (χ1v) is 3.20. The van der Waals surface area contributed by atoms with Gasteiger partial charge in [0, 0.05) is 6.08 Å². The second kappa shape index (κ2) is 4.50. The lowest BCUT2D eigenvalue weighted by Gasteiger charge is -1.95. The number of allylic oxidation sites excluding steroid dienone is 1. The molecule has 0 saturated carbocycles. The molecule has 0 aromatic heterocycles. The Morgan fingerprint density at radius 1 is 1.17 bits per heavy atom. The smallest absolute Gasteiger partial charge is 0.329 e. The summed E-state index contributed by atoms with van der Waals surface area (Å²) < 4.78 is 0. The lowest BCUT2D eigenvalue weighted by molar-refractivity contribution is -0.139. The third kappa shape index (κ3) is 3.72. The number of carbonyl (C=O) groups excluding carboxylic acids is 1. The van der Waals surface area contributed by atoms with E-state index in [0.717, 1.165) is 0 Å². The minimum Gasteiger partial charge on any atom is -0.480 e. The van der Waals surface area contributed by atoms with Crippen LogP contribution in [0.15, 0.2) is 12.2 Å². The predicted molar refractivity (Wildman–Crippen MR) is 39.1 cm³/mol. The summed E-state index contributed by atoms with van der Waals surface area (Å²) >= 11 is 5.06. The maximum absolute atomic E-state index is 10.6. The Balaban J connectivity index is 4.22. The third-order valence-electron chi connectivity index (χ3n) is 0.857. The average molecular weight is 193 g/mol. The molecule has 0 aliphatic carbocycles. The van der Waals surface area contributed by atoms with Gasteiger partial charge in [-0.25, -0.2) is 4.79 Å². The van der Waals surface area contributed by atoms with Crippen LogP contribution in [0.25, 0.3) is 0 Å². The molecule has 0 spiro atoms. The summed E-state index contributed by atoms with van der Waals surface area (Å²) in [6.45, 7) is 0. The fraction of sp³-hybridized carbons (Fsp3) is 0.167. The van der Waals surface area contributed by atoms with E-state index in [4.69, 9.17) is 21.8 Å². The summed E-state index contributed by atoms with van der Waals surface area (Å²) in [5.74, 6) is -3.80. The van der Waals surface area contributed by atoms with Crippen LogP contribution in [-0.4, -0.2) is 33.3 Å². The fourth-order valence-electron chi connectivity index (χ4n) is 0.360. The van der Waals surface area contributed by atoms with Crippen molar-refractivity contribution in [2.45, 2.75) is 5.38 Å². The molecule has 1 atom stereocenters. The first-order chi connectivity index (χ1) is 5.45. The molecule has 0 aliphatic rings. The van der Waals surface area contributed by atoms with Gasteiger partial charge in [0.2, 0.25) is 0 Å². The zero-order chi connectivity index (χ0) is 9.72. The maximum atomic E-state index is 10.6. The average Bonchev–Trinajstić information content (AvgIpc) is 1.98. The van der Waals surface area contributed by atoms with E-state index in [0.29, 0.717) is 12.2 Å².